The molecule has 0 saturated carbocycles. The largest absolute Gasteiger partial charge is 0.354 e. The summed E-state index contributed by atoms with van der Waals surface area (Å²) in [5.74, 6) is 0.00657. The fraction of sp³-hybridized carbons (Fsp3) is 0.417. The van der Waals surface area contributed by atoms with Crippen LogP contribution >= 0.6 is 23.2 Å². The molecule has 2 aromatic rings. The number of hydrogen-bond donors (Lipinski definition) is 1. The highest BCUT2D eigenvalue weighted by atomic mass is 35.5. The van der Waals surface area contributed by atoms with Gasteiger partial charge >= 0.3 is 0 Å². The van der Waals surface area contributed by atoms with Gasteiger partial charge in [-0.2, -0.15) is 0 Å². The van der Waals surface area contributed by atoms with Crippen molar-refractivity contribution in [1.29, 1.82) is 0 Å². The third-order valence-corrected chi connectivity index (χ3v) is 5.77. The average Bonchev–Trinajstić information content (AvgIpc) is 2.70. The van der Waals surface area contributed by atoms with Crippen molar-refractivity contribution in [2.24, 2.45) is 5.92 Å². The van der Waals surface area contributed by atoms with Crippen molar-refractivity contribution in [3.05, 3.63) is 69.2 Å². The van der Waals surface area contributed by atoms with Crippen LogP contribution in [0.3, 0.4) is 0 Å². The van der Waals surface area contributed by atoms with Gasteiger partial charge in [-0.25, -0.2) is 0 Å². The van der Waals surface area contributed by atoms with Crippen LogP contribution in [-0.2, 0) is 22.6 Å². The van der Waals surface area contributed by atoms with Gasteiger partial charge in [0.05, 0.1) is 6.42 Å². The maximum atomic E-state index is 13.4. The second kappa shape index (κ2) is 11.4. The first-order chi connectivity index (χ1) is 14.2. The van der Waals surface area contributed by atoms with Gasteiger partial charge < -0.3 is 10.2 Å². The van der Waals surface area contributed by atoms with Gasteiger partial charge in [0.15, 0.2) is 0 Å². The zero-order valence-electron chi connectivity index (χ0n) is 18.0. The molecule has 30 heavy (non-hydrogen) atoms. The molecular formula is C24H30Cl2N2O2. The molecule has 0 aromatic heterocycles. The van der Waals surface area contributed by atoms with E-state index in [0.717, 1.165) is 11.1 Å². The highest BCUT2D eigenvalue weighted by Crippen LogP contribution is 2.26. The van der Waals surface area contributed by atoms with Gasteiger partial charge in [0.2, 0.25) is 11.8 Å². The first kappa shape index (κ1) is 24.2. The molecule has 0 heterocycles. The van der Waals surface area contributed by atoms with Gasteiger partial charge in [-0.15, -0.1) is 0 Å². The van der Waals surface area contributed by atoms with E-state index in [2.05, 4.69) is 5.32 Å². The molecule has 0 aliphatic carbocycles. The van der Waals surface area contributed by atoms with E-state index in [1.54, 1.807) is 23.1 Å². The van der Waals surface area contributed by atoms with E-state index in [4.69, 9.17) is 23.2 Å². The molecule has 6 heteroatoms. The molecule has 0 aliphatic heterocycles. The normalized spacial score (nSPS) is 12.0. The Labute approximate surface area is 189 Å². The average molecular weight is 449 g/mol. The minimum Gasteiger partial charge on any atom is -0.354 e. The maximum absolute atomic E-state index is 13.4. The molecule has 0 radical (unpaired) electrons. The molecule has 2 amide bonds. The van der Waals surface area contributed by atoms with Crippen molar-refractivity contribution in [2.45, 2.75) is 53.1 Å². The van der Waals surface area contributed by atoms with Crippen molar-refractivity contribution in [3.63, 3.8) is 0 Å². The fourth-order valence-corrected chi connectivity index (χ4v) is 3.80. The number of aryl methyl sites for hydroxylation is 1. The van der Waals surface area contributed by atoms with Crippen LogP contribution in [0.4, 0.5) is 0 Å². The monoisotopic (exact) mass is 448 g/mol. The lowest BCUT2D eigenvalue weighted by Gasteiger charge is -2.31. The van der Waals surface area contributed by atoms with E-state index < -0.39 is 6.04 Å². The number of hydrogen-bond acceptors (Lipinski definition) is 2. The number of carbonyl (C=O) groups excluding carboxylic acids is 2. The molecule has 1 unspecified atom stereocenters. The Morgan fingerprint density at radius 1 is 1.03 bits per heavy atom. The van der Waals surface area contributed by atoms with Crippen LogP contribution in [0.25, 0.3) is 0 Å². The van der Waals surface area contributed by atoms with E-state index in [1.807, 2.05) is 52.0 Å². The van der Waals surface area contributed by atoms with Gasteiger partial charge in [-0.1, -0.05) is 74.3 Å². The Bertz CT molecular complexity index is 863. The van der Waals surface area contributed by atoms with E-state index in [9.17, 15) is 9.59 Å². The van der Waals surface area contributed by atoms with Crippen molar-refractivity contribution in [1.82, 2.24) is 10.2 Å². The predicted molar refractivity (Wildman–Crippen MR) is 124 cm³/mol. The van der Waals surface area contributed by atoms with Crippen LogP contribution in [0.15, 0.2) is 42.5 Å². The number of amides is 2. The van der Waals surface area contributed by atoms with Crippen molar-refractivity contribution >= 4 is 35.0 Å². The van der Waals surface area contributed by atoms with Gasteiger partial charge in [0.1, 0.15) is 6.04 Å². The summed E-state index contributed by atoms with van der Waals surface area (Å²) in [7, 11) is 0. The van der Waals surface area contributed by atoms with Crippen molar-refractivity contribution in [3.8, 4) is 0 Å². The highest BCUT2D eigenvalue weighted by Gasteiger charge is 2.29. The zero-order chi connectivity index (χ0) is 22.3. The van der Waals surface area contributed by atoms with Crippen LogP contribution < -0.4 is 5.32 Å². The van der Waals surface area contributed by atoms with Gasteiger partial charge in [-0.3, -0.25) is 9.59 Å². The first-order valence-corrected chi connectivity index (χ1v) is 11.0. The van der Waals surface area contributed by atoms with Gasteiger partial charge in [0.25, 0.3) is 0 Å². The number of rotatable bonds is 9. The molecule has 0 saturated heterocycles. The third kappa shape index (κ3) is 6.48. The number of nitrogens with one attached hydrogen (secondary N) is 1. The van der Waals surface area contributed by atoms with Gasteiger partial charge in [0, 0.05) is 23.1 Å². The number of carbonyl (C=O) groups is 2. The van der Waals surface area contributed by atoms with E-state index in [0.29, 0.717) is 41.0 Å². The third-order valence-electron chi connectivity index (χ3n) is 5.06. The minimum absolute atomic E-state index is 0.0400. The van der Waals surface area contributed by atoms with E-state index >= 15 is 0 Å². The van der Waals surface area contributed by atoms with E-state index in [1.165, 1.54) is 0 Å². The second-order valence-electron chi connectivity index (χ2n) is 7.89. The first-order valence-electron chi connectivity index (χ1n) is 10.3. The summed E-state index contributed by atoms with van der Waals surface area (Å²) < 4.78 is 0. The molecule has 2 rings (SSSR count). The fourth-order valence-electron chi connectivity index (χ4n) is 3.27. The predicted octanol–water partition coefficient (Wildman–Crippen LogP) is 5.42. The smallest absolute Gasteiger partial charge is 0.242 e. The molecule has 0 bridgehead atoms. The maximum Gasteiger partial charge on any atom is 0.242 e. The summed E-state index contributed by atoms with van der Waals surface area (Å²) in [5, 5.41) is 3.87. The molecule has 0 aliphatic rings. The molecule has 1 N–H and O–H groups in total. The molecule has 1 atom stereocenters. The molecule has 4 nitrogen and oxygen atoms in total. The topological polar surface area (TPSA) is 49.4 Å². The Hall–Kier alpha value is -2.04. The molecule has 0 spiro atoms. The highest BCUT2D eigenvalue weighted by molar-refractivity contribution is 6.36. The SMILES string of the molecule is CCC(C(=O)NCC(C)C)N(Cc1ccccc1C)C(=O)Cc1c(Cl)cccc1Cl. The summed E-state index contributed by atoms with van der Waals surface area (Å²) in [6, 6.07) is 12.5. The summed E-state index contributed by atoms with van der Waals surface area (Å²) >= 11 is 12.6. The Morgan fingerprint density at radius 2 is 1.67 bits per heavy atom. The summed E-state index contributed by atoms with van der Waals surface area (Å²) in [4.78, 5) is 28.0. The summed E-state index contributed by atoms with van der Waals surface area (Å²) in [6.07, 6.45) is 0.552. The molecule has 0 fully saturated rings. The standard InChI is InChI=1S/C24H30Cl2N2O2/c1-5-22(24(30)27-14-16(2)3)28(15-18-10-7-6-9-17(18)4)23(29)13-19-20(25)11-8-12-21(19)26/h6-12,16,22H,5,13-15H2,1-4H3,(H,27,30). The number of nitrogens with zero attached hydrogens (tertiary/aromatic N) is 1. The summed E-state index contributed by atoms with van der Waals surface area (Å²) in [5.41, 5.74) is 2.66. The van der Waals surface area contributed by atoms with Crippen LogP contribution in [0, 0.1) is 12.8 Å². The van der Waals surface area contributed by atoms with Crippen LogP contribution in [-0.4, -0.2) is 29.3 Å². The quantitative estimate of drug-likeness (QED) is 0.556. The Kier molecular flexibility index (Phi) is 9.19. The summed E-state index contributed by atoms with van der Waals surface area (Å²) in [6.45, 7) is 8.91. The Balaban J connectivity index is 2.35. The second-order valence-corrected chi connectivity index (χ2v) is 8.70. The van der Waals surface area contributed by atoms with Crippen molar-refractivity contribution < 1.29 is 9.59 Å². The van der Waals surface area contributed by atoms with Crippen molar-refractivity contribution in [2.75, 3.05) is 6.54 Å². The number of halogens is 2. The van der Waals surface area contributed by atoms with Crippen LogP contribution in [0.1, 0.15) is 43.9 Å². The minimum atomic E-state index is -0.572. The zero-order valence-corrected chi connectivity index (χ0v) is 19.6. The van der Waals surface area contributed by atoms with Crippen LogP contribution in [0.5, 0.6) is 0 Å². The number of benzene rings is 2. The lowest BCUT2D eigenvalue weighted by Crippen LogP contribution is -2.50. The molecular weight excluding hydrogens is 419 g/mol. The lowest BCUT2D eigenvalue weighted by atomic mass is 10.0. The van der Waals surface area contributed by atoms with Gasteiger partial charge in [-0.05, 0) is 48.1 Å². The Morgan fingerprint density at radius 3 is 2.23 bits per heavy atom. The van der Waals surface area contributed by atoms with Crippen LogP contribution in [0.2, 0.25) is 10.0 Å². The van der Waals surface area contributed by atoms with E-state index in [-0.39, 0.29) is 18.2 Å². The molecule has 162 valence electrons. The lowest BCUT2D eigenvalue weighted by molar-refractivity contribution is -0.141. The molecule has 2 aromatic carbocycles.